The number of fused-ring (bicyclic) bond motifs is 7. The molecule has 11 aromatic carbocycles. The molecule has 2 nitrogen and oxygen atoms in total. The number of para-hydroxylation sites is 3. The number of hydrogen-bond acceptors (Lipinski definition) is 2. The van der Waals surface area contributed by atoms with Crippen LogP contribution in [-0.2, 0) is 0 Å². The predicted octanol–water partition coefficient (Wildman–Crippen LogP) is 18.4. The minimum Gasteiger partial charge on any atom is -0.310 e. The van der Waals surface area contributed by atoms with Gasteiger partial charge in [-0.25, -0.2) is 0 Å². The van der Waals surface area contributed by atoms with Gasteiger partial charge in [0.25, 0.3) is 0 Å². The van der Waals surface area contributed by atoms with E-state index in [2.05, 4.69) is 264 Å². The lowest BCUT2D eigenvalue weighted by molar-refractivity contribution is 1.18. The van der Waals surface area contributed by atoms with Gasteiger partial charge in [0, 0.05) is 53.4 Å². The van der Waals surface area contributed by atoms with E-state index in [-0.39, 0.29) is 0 Å². The highest BCUT2D eigenvalue weighted by Gasteiger charge is 2.22. The fraction of sp³-hybridized carbons (Fsp3) is 0. The summed E-state index contributed by atoms with van der Waals surface area (Å²) in [6.07, 6.45) is 0. The monoisotopic (exact) mass is 870 g/mol. The first-order chi connectivity index (χ1) is 33.2. The summed E-state index contributed by atoms with van der Waals surface area (Å²) in [6, 6.07) is 93.4. The Bertz CT molecular complexity index is 3910. The fourth-order valence-electron chi connectivity index (χ4n) is 10.2. The number of hydrogen-bond donors (Lipinski definition) is 0. The highest BCUT2D eigenvalue weighted by Crippen LogP contribution is 2.46. The van der Waals surface area contributed by atoms with Crippen molar-refractivity contribution in [3.63, 3.8) is 0 Å². The van der Waals surface area contributed by atoms with Gasteiger partial charge in [-0.05, 0) is 117 Å². The molecule has 0 N–H and O–H groups in total. The summed E-state index contributed by atoms with van der Waals surface area (Å²) in [7, 11) is 0. The number of anilines is 3. The Kier molecular flexibility index (Phi) is 9.40. The van der Waals surface area contributed by atoms with E-state index in [1.807, 2.05) is 11.3 Å². The smallest absolute Gasteiger partial charge is 0.0541 e. The first-order valence-corrected chi connectivity index (χ1v) is 23.7. The van der Waals surface area contributed by atoms with Gasteiger partial charge in [0.1, 0.15) is 0 Å². The summed E-state index contributed by atoms with van der Waals surface area (Å²) in [5.74, 6) is 0. The Hall–Kier alpha value is -8.50. The Balaban J connectivity index is 1.04. The topological polar surface area (TPSA) is 8.17 Å². The van der Waals surface area contributed by atoms with E-state index in [0.29, 0.717) is 0 Å². The van der Waals surface area contributed by atoms with E-state index >= 15 is 0 Å². The number of benzene rings is 11. The molecule has 0 fully saturated rings. The maximum Gasteiger partial charge on any atom is 0.0541 e. The molecule has 0 radical (unpaired) electrons. The molecule has 0 spiro atoms. The number of nitrogens with zero attached hydrogens (tertiary/aromatic N) is 2. The Morgan fingerprint density at radius 3 is 1.58 bits per heavy atom. The predicted molar refractivity (Wildman–Crippen MR) is 288 cm³/mol. The summed E-state index contributed by atoms with van der Waals surface area (Å²) in [6.45, 7) is 0. The normalized spacial score (nSPS) is 11.6. The third-order valence-electron chi connectivity index (χ3n) is 13.4. The van der Waals surface area contributed by atoms with Gasteiger partial charge in [-0.3, -0.25) is 0 Å². The van der Waals surface area contributed by atoms with E-state index in [1.54, 1.807) is 0 Å². The van der Waals surface area contributed by atoms with Crippen LogP contribution in [0.2, 0.25) is 0 Å². The Morgan fingerprint density at radius 1 is 0.299 bits per heavy atom. The lowest BCUT2D eigenvalue weighted by atomic mass is 9.94. The maximum atomic E-state index is 2.44. The zero-order valence-electron chi connectivity index (χ0n) is 36.6. The average molecular weight is 871 g/mol. The van der Waals surface area contributed by atoms with Crippen molar-refractivity contribution >= 4 is 81.1 Å². The van der Waals surface area contributed by atoms with Crippen LogP contribution in [0.25, 0.3) is 103 Å². The van der Waals surface area contributed by atoms with Gasteiger partial charge >= 0.3 is 0 Å². The first-order valence-electron chi connectivity index (χ1n) is 22.9. The fourth-order valence-corrected chi connectivity index (χ4v) is 11.3. The molecule has 0 atom stereocenters. The molecule has 0 aliphatic rings. The van der Waals surface area contributed by atoms with Gasteiger partial charge in [-0.15, -0.1) is 11.3 Å². The quantitative estimate of drug-likeness (QED) is 0.148. The molecule has 0 amide bonds. The first kappa shape index (κ1) is 38.9. The molecule has 0 saturated carbocycles. The average Bonchev–Trinajstić information content (AvgIpc) is 3.95. The molecule has 0 saturated heterocycles. The van der Waals surface area contributed by atoms with Crippen LogP contribution >= 0.6 is 11.3 Å². The number of thiophene rings is 1. The van der Waals surface area contributed by atoms with Crippen molar-refractivity contribution in [2.75, 3.05) is 4.90 Å². The molecule has 0 aliphatic heterocycles. The maximum absolute atomic E-state index is 2.44. The molecule has 0 aliphatic carbocycles. The minimum atomic E-state index is 1.08. The molecule has 2 aromatic heterocycles. The van der Waals surface area contributed by atoms with Crippen LogP contribution in [0.5, 0.6) is 0 Å². The van der Waals surface area contributed by atoms with Crippen molar-refractivity contribution in [3.05, 3.63) is 255 Å². The SMILES string of the molecule is c1ccc(-c2ccc(N(c3ccc(-c4cccc5ccccc45)cc3)c3ccc(-c4ccccc4-n4c5ccccc5c5ccccc54)cc3-c3ccc4sc5ccccc5c4c3)cc2)cc1. The zero-order chi connectivity index (χ0) is 44.3. The van der Waals surface area contributed by atoms with E-state index in [0.717, 1.165) is 33.9 Å². The Labute approximate surface area is 393 Å². The van der Waals surface area contributed by atoms with E-state index < -0.39 is 0 Å². The van der Waals surface area contributed by atoms with E-state index in [4.69, 9.17) is 0 Å². The lowest BCUT2D eigenvalue weighted by Crippen LogP contribution is -2.11. The number of aromatic nitrogens is 1. The lowest BCUT2D eigenvalue weighted by Gasteiger charge is -2.29. The van der Waals surface area contributed by atoms with Crippen molar-refractivity contribution in [2.45, 2.75) is 0 Å². The van der Waals surface area contributed by atoms with Crippen LogP contribution < -0.4 is 4.90 Å². The molecular formula is C64H42N2S. The molecule has 0 bridgehead atoms. The standard InChI is InChI=1S/C64H42N2S/c1-2-15-43(16-3-1)44-29-35-49(36-30-44)65(50-37-31-46(32-38-50)52-24-14-18-45-17-4-5-19-51(45)52)62-39-33-47(41-57(62)48-34-40-64-58(42-48)56-23-9-13-28-63(56)67-64)53-20-6-10-25-59(53)66-60-26-11-7-21-54(60)55-22-8-12-27-61(55)66/h1-42H. The number of rotatable bonds is 8. The van der Waals surface area contributed by atoms with Gasteiger partial charge in [0.15, 0.2) is 0 Å². The second-order valence-corrected chi connectivity index (χ2v) is 18.3. The van der Waals surface area contributed by atoms with Crippen LogP contribution in [0.3, 0.4) is 0 Å². The molecule has 67 heavy (non-hydrogen) atoms. The molecule has 13 rings (SSSR count). The molecule has 0 unspecified atom stereocenters. The second kappa shape index (κ2) is 16.2. The van der Waals surface area contributed by atoms with Crippen molar-refractivity contribution in [2.24, 2.45) is 0 Å². The summed E-state index contributed by atoms with van der Waals surface area (Å²) < 4.78 is 5.03. The van der Waals surface area contributed by atoms with Gasteiger partial charge < -0.3 is 9.47 Å². The highest BCUT2D eigenvalue weighted by molar-refractivity contribution is 7.25. The third-order valence-corrected chi connectivity index (χ3v) is 14.6. The zero-order valence-corrected chi connectivity index (χ0v) is 37.4. The van der Waals surface area contributed by atoms with Gasteiger partial charge in [0.2, 0.25) is 0 Å². The van der Waals surface area contributed by atoms with Crippen LogP contribution in [0.4, 0.5) is 17.1 Å². The summed E-state index contributed by atoms with van der Waals surface area (Å²) >= 11 is 1.86. The second-order valence-electron chi connectivity index (χ2n) is 17.2. The molecule has 314 valence electrons. The van der Waals surface area contributed by atoms with Crippen molar-refractivity contribution < 1.29 is 0 Å². The van der Waals surface area contributed by atoms with Crippen molar-refractivity contribution in [1.29, 1.82) is 0 Å². The van der Waals surface area contributed by atoms with E-state index in [1.165, 1.54) is 86.1 Å². The third kappa shape index (κ3) is 6.71. The minimum absolute atomic E-state index is 1.08. The largest absolute Gasteiger partial charge is 0.310 e. The van der Waals surface area contributed by atoms with Gasteiger partial charge in [0.05, 0.1) is 22.4 Å². The van der Waals surface area contributed by atoms with Gasteiger partial charge in [-0.1, -0.05) is 182 Å². The van der Waals surface area contributed by atoms with Crippen LogP contribution in [0.1, 0.15) is 0 Å². The summed E-state index contributed by atoms with van der Waals surface area (Å²) in [5, 5.41) is 7.56. The molecule has 13 aromatic rings. The van der Waals surface area contributed by atoms with Crippen molar-refractivity contribution in [3.8, 4) is 50.2 Å². The van der Waals surface area contributed by atoms with Gasteiger partial charge in [-0.2, -0.15) is 0 Å². The molecular weight excluding hydrogens is 829 g/mol. The van der Waals surface area contributed by atoms with Crippen LogP contribution in [0.15, 0.2) is 255 Å². The van der Waals surface area contributed by atoms with Crippen LogP contribution in [-0.4, -0.2) is 4.57 Å². The molecule has 3 heteroatoms. The highest BCUT2D eigenvalue weighted by atomic mass is 32.1. The van der Waals surface area contributed by atoms with Crippen LogP contribution in [0, 0.1) is 0 Å². The Morgan fingerprint density at radius 2 is 0.821 bits per heavy atom. The molecule has 2 heterocycles. The summed E-state index contributed by atoms with van der Waals surface area (Å²) in [5.41, 5.74) is 16.2. The van der Waals surface area contributed by atoms with E-state index in [9.17, 15) is 0 Å². The van der Waals surface area contributed by atoms with Crippen molar-refractivity contribution in [1.82, 2.24) is 4.57 Å². The summed E-state index contributed by atoms with van der Waals surface area (Å²) in [4.78, 5) is 2.44.